The van der Waals surface area contributed by atoms with E-state index in [9.17, 15) is 0 Å². The van der Waals surface area contributed by atoms with Gasteiger partial charge in [-0.1, -0.05) is 39.5 Å². The molecule has 1 rings (SSSR count). The van der Waals surface area contributed by atoms with Crippen molar-refractivity contribution >= 4 is 0 Å². The van der Waals surface area contributed by atoms with E-state index < -0.39 is 0 Å². The lowest BCUT2D eigenvalue weighted by Crippen LogP contribution is -2.26. The van der Waals surface area contributed by atoms with Gasteiger partial charge in [0.2, 0.25) is 0 Å². The van der Waals surface area contributed by atoms with Gasteiger partial charge in [0.05, 0.1) is 0 Å². The zero-order chi connectivity index (χ0) is 13.2. The molecule has 0 saturated carbocycles. The van der Waals surface area contributed by atoms with Crippen molar-refractivity contribution in [1.29, 1.82) is 0 Å². The van der Waals surface area contributed by atoms with E-state index in [1.54, 1.807) is 0 Å². The molecule has 0 aromatic carbocycles. The smallest absolute Gasteiger partial charge is 0.0361 e. The lowest BCUT2D eigenvalue weighted by atomic mass is 10.1. The molecule has 1 atom stereocenters. The summed E-state index contributed by atoms with van der Waals surface area (Å²) in [5, 5.41) is 3.64. The van der Waals surface area contributed by atoms with Crippen molar-refractivity contribution in [3.8, 4) is 0 Å². The molecule has 18 heavy (non-hydrogen) atoms. The van der Waals surface area contributed by atoms with Crippen molar-refractivity contribution in [3.05, 3.63) is 24.0 Å². The molecule has 2 heteroatoms. The van der Waals surface area contributed by atoms with Crippen molar-refractivity contribution in [2.75, 3.05) is 0 Å². The molecular formula is C16H30N2. The normalized spacial score (nSPS) is 12.8. The second-order valence-electron chi connectivity index (χ2n) is 5.32. The van der Waals surface area contributed by atoms with Crippen molar-refractivity contribution in [3.63, 3.8) is 0 Å². The molecule has 0 aliphatic carbocycles. The standard InChI is InChI=1S/C16H30N2/c1-4-6-7-8-10-15(3)17-14-16-11-9-13-18(16)12-5-2/h9,11,13,15,17H,4-8,10,12,14H2,1-3H3. The summed E-state index contributed by atoms with van der Waals surface area (Å²) in [7, 11) is 0. The Bertz CT molecular complexity index is 304. The van der Waals surface area contributed by atoms with Gasteiger partial charge in [0, 0.05) is 31.0 Å². The molecule has 1 aromatic heterocycles. The molecule has 0 fully saturated rings. The second-order valence-corrected chi connectivity index (χ2v) is 5.32. The highest BCUT2D eigenvalue weighted by molar-refractivity contribution is 5.06. The number of hydrogen-bond donors (Lipinski definition) is 1. The highest BCUT2D eigenvalue weighted by atomic mass is 15.0. The van der Waals surface area contributed by atoms with Crippen LogP contribution in [0.5, 0.6) is 0 Å². The number of aryl methyl sites for hydroxylation is 1. The Morgan fingerprint density at radius 2 is 2.00 bits per heavy atom. The van der Waals surface area contributed by atoms with Crippen LogP contribution in [-0.4, -0.2) is 10.6 Å². The zero-order valence-corrected chi connectivity index (χ0v) is 12.4. The minimum atomic E-state index is 0.631. The molecule has 104 valence electrons. The van der Waals surface area contributed by atoms with Crippen LogP contribution in [0.15, 0.2) is 18.3 Å². The maximum atomic E-state index is 3.64. The van der Waals surface area contributed by atoms with Crippen molar-refractivity contribution in [2.24, 2.45) is 0 Å². The molecule has 1 aromatic rings. The molecule has 0 radical (unpaired) electrons. The second kappa shape index (κ2) is 9.21. The van der Waals surface area contributed by atoms with Crippen LogP contribution in [0.4, 0.5) is 0 Å². The van der Waals surface area contributed by atoms with Crippen LogP contribution < -0.4 is 5.32 Å². The van der Waals surface area contributed by atoms with E-state index >= 15 is 0 Å². The first kappa shape index (κ1) is 15.3. The molecule has 1 heterocycles. The zero-order valence-electron chi connectivity index (χ0n) is 12.4. The third-order valence-corrected chi connectivity index (χ3v) is 3.51. The van der Waals surface area contributed by atoms with Gasteiger partial charge in [0.15, 0.2) is 0 Å². The number of nitrogens with zero attached hydrogens (tertiary/aromatic N) is 1. The third-order valence-electron chi connectivity index (χ3n) is 3.51. The number of aromatic nitrogens is 1. The van der Waals surface area contributed by atoms with Gasteiger partial charge in [-0.15, -0.1) is 0 Å². The van der Waals surface area contributed by atoms with Crippen LogP contribution in [0.3, 0.4) is 0 Å². The fraction of sp³-hybridized carbons (Fsp3) is 0.750. The number of rotatable bonds is 10. The first-order valence-corrected chi connectivity index (χ1v) is 7.65. The minimum absolute atomic E-state index is 0.631. The quantitative estimate of drug-likeness (QED) is 0.611. The van der Waals surface area contributed by atoms with Crippen molar-refractivity contribution < 1.29 is 0 Å². The summed E-state index contributed by atoms with van der Waals surface area (Å²) in [6.45, 7) is 8.94. The van der Waals surface area contributed by atoms with E-state index in [1.807, 2.05) is 0 Å². The van der Waals surface area contributed by atoms with Crippen LogP contribution in [-0.2, 0) is 13.1 Å². The van der Waals surface area contributed by atoms with Gasteiger partial charge in [-0.05, 0) is 31.9 Å². The van der Waals surface area contributed by atoms with Gasteiger partial charge in [-0.3, -0.25) is 0 Å². The maximum Gasteiger partial charge on any atom is 0.0361 e. The SMILES string of the molecule is CCCCCCC(C)NCc1cccn1CCC. The molecular weight excluding hydrogens is 220 g/mol. The highest BCUT2D eigenvalue weighted by Gasteiger charge is 2.04. The third kappa shape index (κ3) is 5.72. The fourth-order valence-electron chi connectivity index (χ4n) is 2.33. The molecule has 1 unspecified atom stereocenters. The van der Waals surface area contributed by atoms with Crippen LogP contribution in [0, 0.1) is 0 Å². The van der Waals surface area contributed by atoms with Crippen LogP contribution in [0.25, 0.3) is 0 Å². The fourth-order valence-corrected chi connectivity index (χ4v) is 2.33. The molecule has 0 spiro atoms. The first-order valence-electron chi connectivity index (χ1n) is 7.65. The lowest BCUT2D eigenvalue weighted by Gasteiger charge is -2.15. The van der Waals surface area contributed by atoms with Gasteiger partial charge in [0.25, 0.3) is 0 Å². The van der Waals surface area contributed by atoms with Gasteiger partial charge in [-0.25, -0.2) is 0 Å². The summed E-state index contributed by atoms with van der Waals surface area (Å²) >= 11 is 0. The number of unbranched alkanes of at least 4 members (excludes halogenated alkanes) is 3. The summed E-state index contributed by atoms with van der Waals surface area (Å²) in [6, 6.07) is 5.01. The predicted molar refractivity (Wildman–Crippen MR) is 79.8 cm³/mol. The van der Waals surface area contributed by atoms with E-state index in [0.717, 1.165) is 13.1 Å². The summed E-state index contributed by atoms with van der Waals surface area (Å²) in [6.07, 6.45) is 10.1. The first-order chi connectivity index (χ1) is 8.77. The average Bonchev–Trinajstić information content (AvgIpc) is 2.80. The Balaban J connectivity index is 2.20. The van der Waals surface area contributed by atoms with E-state index in [1.165, 1.54) is 44.2 Å². The van der Waals surface area contributed by atoms with Crippen LogP contribution >= 0.6 is 0 Å². The predicted octanol–water partition coefficient (Wildman–Crippen LogP) is 4.35. The number of nitrogens with one attached hydrogen (secondary N) is 1. The average molecular weight is 250 g/mol. The van der Waals surface area contributed by atoms with Crippen molar-refractivity contribution in [1.82, 2.24) is 9.88 Å². The minimum Gasteiger partial charge on any atom is -0.350 e. The van der Waals surface area contributed by atoms with E-state index in [0.29, 0.717) is 6.04 Å². The molecule has 0 amide bonds. The largest absolute Gasteiger partial charge is 0.350 e. The molecule has 0 bridgehead atoms. The lowest BCUT2D eigenvalue weighted by molar-refractivity contribution is 0.472. The highest BCUT2D eigenvalue weighted by Crippen LogP contribution is 2.07. The Kier molecular flexibility index (Phi) is 7.83. The molecule has 2 nitrogen and oxygen atoms in total. The van der Waals surface area contributed by atoms with Gasteiger partial charge < -0.3 is 9.88 Å². The summed E-state index contributed by atoms with van der Waals surface area (Å²) in [4.78, 5) is 0. The van der Waals surface area contributed by atoms with Gasteiger partial charge in [0.1, 0.15) is 0 Å². The van der Waals surface area contributed by atoms with Crippen LogP contribution in [0.2, 0.25) is 0 Å². The van der Waals surface area contributed by atoms with Crippen molar-refractivity contribution in [2.45, 2.75) is 78.4 Å². The Hall–Kier alpha value is -0.760. The molecule has 0 saturated heterocycles. The maximum absolute atomic E-state index is 3.64. The summed E-state index contributed by atoms with van der Waals surface area (Å²) in [5.74, 6) is 0. The Labute approximate surface area is 113 Å². The molecule has 1 N–H and O–H groups in total. The molecule has 0 aliphatic rings. The Morgan fingerprint density at radius 3 is 2.72 bits per heavy atom. The van der Waals surface area contributed by atoms with E-state index in [-0.39, 0.29) is 0 Å². The van der Waals surface area contributed by atoms with E-state index in [2.05, 4.69) is 49.0 Å². The molecule has 0 aliphatic heterocycles. The van der Waals surface area contributed by atoms with Crippen LogP contribution in [0.1, 0.15) is 65.0 Å². The monoisotopic (exact) mass is 250 g/mol. The Morgan fingerprint density at radius 1 is 1.17 bits per heavy atom. The summed E-state index contributed by atoms with van der Waals surface area (Å²) in [5.41, 5.74) is 1.41. The van der Waals surface area contributed by atoms with Gasteiger partial charge in [-0.2, -0.15) is 0 Å². The number of hydrogen-bond acceptors (Lipinski definition) is 1. The van der Waals surface area contributed by atoms with E-state index in [4.69, 9.17) is 0 Å². The van der Waals surface area contributed by atoms with Gasteiger partial charge >= 0.3 is 0 Å². The topological polar surface area (TPSA) is 17.0 Å². The summed E-state index contributed by atoms with van der Waals surface area (Å²) < 4.78 is 2.36.